The molecule has 0 saturated carbocycles. The average Bonchev–Trinajstić information content (AvgIpc) is 2.76. The number of amides is 1. The average molecular weight is 277 g/mol. The standard InChI is InChI=1S/C13H15N3O2S/c1-8(2)6-11(17)16(3)7-10-14-9-4-5-19-12(9)13(18)15-10/h4-6H,7H2,1-3H3,(H,14,15,18). The van der Waals surface area contributed by atoms with E-state index in [0.717, 1.165) is 5.57 Å². The SMILES string of the molecule is CC(C)=CC(=O)N(C)Cc1nc2ccsc2c(=O)[nH]1. The fourth-order valence-corrected chi connectivity index (χ4v) is 2.38. The summed E-state index contributed by atoms with van der Waals surface area (Å²) in [5.74, 6) is 0.391. The summed E-state index contributed by atoms with van der Waals surface area (Å²) in [6.07, 6.45) is 1.56. The van der Waals surface area contributed by atoms with Gasteiger partial charge in [-0.05, 0) is 25.3 Å². The van der Waals surface area contributed by atoms with Crippen LogP contribution in [0, 0.1) is 0 Å². The molecule has 0 aliphatic heterocycles. The highest BCUT2D eigenvalue weighted by Crippen LogP contribution is 2.14. The molecule has 2 aromatic heterocycles. The zero-order chi connectivity index (χ0) is 14.0. The predicted octanol–water partition coefficient (Wildman–Crippen LogP) is 1.91. The molecule has 6 heteroatoms. The van der Waals surface area contributed by atoms with Crippen molar-refractivity contribution in [3.8, 4) is 0 Å². The zero-order valence-electron chi connectivity index (χ0n) is 11.1. The molecule has 0 fully saturated rings. The van der Waals surface area contributed by atoms with Crippen molar-refractivity contribution in [2.75, 3.05) is 7.05 Å². The van der Waals surface area contributed by atoms with E-state index in [1.165, 1.54) is 16.2 Å². The Morgan fingerprint density at radius 2 is 2.26 bits per heavy atom. The van der Waals surface area contributed by atoms with Crippen LogP contribution in [0.15, 0.2) is 27.9 Å². The van der Waals surface area contributed by atoms with Crippen molar-refractivity contribution in [2.45, 2.75) is 20.4 Å². The van der Waals surface area contributed by atoms with Crippen molar-refractivity contribution >= 4 is 27.5 Å². The molecular formula is C13H15N3O2S. The number of aromatic nitrogens is 2. The quantitative estimate of drug-likeness (QED) is 0.871. The summed E-state index contributed by atoms with van der Waals surface area (Å²) in [6, 6.07) is 1.80. The predicted molar refractivity (Wildman–Crippen MR) is 76.1 cm³/mol. The summed E-state index contributed by atoms with van der Waals surface area (Å²) in [6.45, 7) is 4.01. The summed E-state index contributed by atoms with van der Waals surface area (Å²) in [5.41, 5.74) is 1.46. The van der Waals surface area contributed by atoms with E-state index in [0.29, 0.717) is 16.0 Å². The van der Waals surface area contributed by atoms with Crippen LogP contribution in [0.5, 0.6) is 0 Å². The minimum Gasteiger partial charge on any atom is -0.335 e. The lowest BCUT2D eigenvalue weighted by Crippen LogP contribution is -2.26. The fourth-order valence-electron chi connectivity index (χ4n) is 1.66. The van der Waals surface area contributed by atoms with Crippen molar-refractivity contribution in [1.29, 1.82) is 0 Å². The van der Waals surface area contributed by atoms with Gasteiger partial charge in [-0.2, -0.15) is 0 Å². The molecule has 2 rings (SSSR count). The monoisotopic (exact) mass is 277 g/mol. The number of carbonyl (C=O) groups excluding carboxylic acids is 1. The Hall–Kier alpha value is -1.95. The van der Waals surface area contributed by atoms with E-state index in [9.17, 15) is 9.59 Å². The largest absolute Gasteiger partial charge is 0.335 e. The summed E-state index contributed by atoms with van der Waals surface area (Å²) in [4.78, 5) is 32.1. The number of nitrogens with zero attached hydrogens (tertiary/aromatic N) is 2. The Morgan fingerprint density at radius 1 is 1.53 bits per heavy atom. The summed E-state index contributed by atoms with van der Waals surface area (Å²) < 4.78 is 0.613. The first-order valence-corrected chi connectivity index (χ1v) is 6.71. The van der Waals surface area contributed by atoms with Gasteiger partial charge in [-0.3, -0.25) is 9.59 Å². The lowest BCUT2D eigenvalue weighted by molar-refractivity contribution is -0.125. The van der Waals surface area contributed by atoms with Gasteiger partial charge < -0.3 is 9.88 Å². The van der Waals surface area contributed by atoms with Gasteiger partial charge in [0.1, 0.15) is 10.5 Å². The molecular weight excluding hydrogens is 262 g/mol. The van der Waals surface area contributed by atoms with Gasteiger partial charge in [0.05, 0.1) is 12.1 Å². The van der Waals surface area contributed by atoms with E-state index < -0.39 is 0 Å². The maximum Gasteiger partial charge on any atom is 0.268 e. The van der Waals surface area contributed by atoms with Gasteiger partial charge in [-0.25, -0.2) is 4.98 Å². The Morgan fingerprint density at radius 3 is 2.95 bits per heavy atom. The number of fused-ring (bicyclic) bond motifs is 1. The van der Waals surface area contributed by atoms with Gasteiger partial charge in [-0.15, -0.1) is 11.3 Å². The molecule has 0 atom stereocenters. The van der Waals surface area contributed by atoms with Gasteiger partial charge in [0.15, 0.2) is 0 Å². The van der Waals surface area contributed by atoms with Crippen molar-refractivity contribution in [1.82, 2.24) is 14.9 Å². The van der Waals surface area contributed by atoms with Crippen LogP contribution in [0.3, 0.4) is 0 Å². The lowest BCUT2D eigenvalue weighted by atomic mass is 10.3. The third-order valence-electron chi connectivity index (χ3n) is 2.54. The van der Waals surface area contributed by atoms with Crippen molar-refractivity contribution in [2.24, 2.45) is 0 Å². The van der Waals surface area contributed by atoms with E-state index in [2.05, 4.69) is 9.97 Å². The third kappa shape index (κ3) is 3.08. The summed E-state index contributed by atoms with van der Waals surface area (Å²) >= 11 is 1.36. The normalized spacial score (nSPS) is 10.5. The van der Waals surface area contributed by atoms with Crippen LogP contribution >= 0.6 is 11.3 Å². The Kier molecular flexibility index (Phi) is 3.80. The first kappa shape index (κ1) is 13.5. The number of rotatable bonds is 3. The van der Waals surface area contributed by atoms with Crippen LogP contribution < -0.4 is 5.56 Å². The van der Waals surface area contributed by atoms with Crippen LogP contribution in [-0.2, 0) is 11.3 Å². The molecule has 0 aliphatic carbocycles. The van der Waals surface area contributed by atoms with Crippen molar-refractivity contribution in [3.63, 3.8) is 0 Å². The van der Waals surface area contributed by atoms with E-state index in [1.807, 2.05) is 19.2 Å². The molecule has 0 aliphatic rings. The molecule has 100 valence electrons. The number of hydrogen-bond acceptors (Lipinski definition) is 4. The molecule has 0 saturated heterocycles. The van der Waals surface area contributed by atoms with E-state index in [1.54, 1.807) is 19.2 Å². The number of likely N-dealkylation sites (N-methyl/N-ethyl adjacent to an activating group) is 1. The van der Waals surface area contributed by atoms with Gasteiger partial charge in [0.2, 0.25) is 5.91 Å². The molecule has 1 amide bonds. The second kappa shape index (κ2) is 5.36. The van der Waals surface area contributed by atoms with E-state index >= 15 is 0 Å². The second-order valence-corrected chi connectivity index (χ2v) is 5.48. The number of hydrogen-bond donors (Lipinski definition) is 1. The summed E-state index contributed by atoms with van der Waals surface area (Å²) in [5, 5.41) is 1.83. The van der Waals surface area contributed by atoms with Crippen LogP contribution in [0.4, 0.5) is 0 Å². The molecule has 0 unspecified atom stereocenters. The third-order valence-corrected chi connectivity index (χ3v) is 3.44. The lowest BCUT2D eigenvalue weighted by Gasteiger charge is -2.14. The highest BCUT2D eigenvalue weighted by atomic mass is 32.1. The Bertz CT molecular complexity index is 695. The highest BCUT2D eigenvalue weighted by Gasteiger charge is 2.10. The Labute approximate surface area is 114 Å². The number of carbonyl (C=O) groups is 1. The molecule has 5 nitrogen and oxygen atoms in total. The van der Waals surface area contributed by atoms with Crippen molar-refractivity contribution < 1.29 is 4.79 Å². The molecule has 2 heterocycles. The fraction of sp³-hybridized carbons (Fsp3) is 0.308. The number of thiophene rings is 1. The highest BCUT2D eigenvalue weighted by molar-refractivity contribution is 7.17. The molecule has 0 bridgehead atoms. The van der Waals surface area contributed by atoms with Crippen LogP contribution in [-0.4, -0.2) is 27.8 Å². The van der Waals surface area contributed by atoms with Crippen LogP contribution in [0.1, 0.15) is 19.7 Å². The number of aromatic amines is 1. The minimum atomic E-state index is -0.155. The van der Waals surface area contributed by atoms with Gasteiger partial charge in [0, 0.05) is 13.1 Å². The topological polar surface area (TPSA) is 66.1 Å². The molecule has 1 N–H and O–H groups in total. The number of H-pyrrole nitrogens is 1. The molecule has 0 radical (unpaired) electrons. The maximum absolute atomic E-state index is 11.8. The number of allylic oxidation sites excluding steroid dienone is 1. The van der Waals surface area contributed by atoms with E-state index in [4.69, 9.17) is 0 Å². The van der Waals surface area contributed by atoms with Crippen LogP contribution in [0.25, 0.3) is 10.2 Å². The van der Waals surface area contributed by atoms with Crippen molar-refractivity contribution in [3.05, 3.63) is 39.3 Å². The second-order valence-electron chi connectivity index (χ2n) is 4.56. The van der Waals surface area contributed by atoms with E-state index in [-0.39, 0.29) is 18.0 Å². The maximum atomic E-state index is 11.8. The van der Waals surface area contributed by atoms with Crippen LogP contribution in [0.2, 0.25) is 0 Å². The number of nitrogens with one attached hydrogen (secondary N) is 1. The van der Waals surface area contributed by atoms with Gasteiger partial charge in [0.25, 0.3) is 5.56 Å². The molecule has 2 aromatic rings. The Balaban J connectivity index is 2.24. The van der Waals surface area contributed by atoms with Gasteiger partial charge >= 0.3 is 0 Å². The minimum absolute atomic E-state index is 0.104. The molecule has 0 aromatic carbocycles. The first-order valence-electron chi connectivity index (χ1n) is 5.84. The smallest absolute Gasteiger partial charge is 0.268 e. The molecule has 19 heavy (non-hydrogen) atoms. The zero-order valence-corrected chi connectivity index (χ0v) is 11.9. The van der Waals surface area contributed by atoms with Gasteiger partial charge in [-0.1, -0.05) is 5.57 Å². The molecule has 0 spiro atoms. The first-order chi connectivity index (χ1) is 8.97. The summed E-state index contributed by atoms with van der Waals surface area (Å²) in [7, 11) is 1.68.